The first-order valence-electron chi connectivity index (χ1n) is 34.7. The number of H-pyrrole nitrogens is 1. The van der Waals surface area contributed by atoms with Gasteiger partial charge in [0.15, 0.2) is 22.2 Å². The number of nitrogens with one attached hydrogen (secondary N) is 2. The number of hydrogen-bond donors (Lipinski definition) is 8. The number of aliphatic hydroxyl groups is 4. The Bertz CT molecular complexity index is 4760. The van der Waals surface area contributed by atoms with E-state index in [0.717, 1.165) is 12.0 Å². The van der Waals surface area contributed by atoms with Crippen molar-refractivity contribution in [3.8, 4) is 0 Å². The van der Waals surface area contributed by atoms with E-state index >= 15 is 0 Å². The molecular weight excluding hydrogens is 1470 g/mol. The number of aliphatic hydroxyl groups excluding tert-OH is 4. The number of nitrogens with two attached hydrogens (primary N) is 2. The third-order valence-electron chi connectivity index (χ3n) is 20.2. The van der Waals surface area contributed by atoms with Crippen molar-refractivity contribution in [2.45, 2.75) is 205 Å². The standard InChI is InChI=1S/C32H50ClN5O5Si2.C19H20ClN5O6.C19H21N5O7/c1-12-24-25(43-45(10,11)32(5,6)7)17-26(42-24)37-18-22(20-41-19-21-15-13-14-16-23(21)38(39)40)27-28(33)34-30(35-29(27)37)36-44(8,9)31(2,3)4;20-17-16-11(9-30-8-10-3-1-2-4-12(10)25(28)29)6-24(18(16)23-19(21)22-17)15-5-13(27)14(7-26)31-15;20-19-21-17-16(18(27)22-19)11(6-23(17)15-5-13(26)14(7-25)31-15)9-30-8-10-3-1-2-4-12(10)24(28)29/h13-16,18,24-26H,12,17,19-20H2,1-11H3,(H,34,35,36);1-4,6,13-15,26-27H,5,7-9H2,(H2,21,22,23);1-4,6,13-15,25-26H,5,7-9H2,(H3,20,21,22,27)/t24-,25-,26-;2*13-,14-,15-/m111/s1. The molecule has 12 rings (SSSR count). The highest BCUT2D eigenvalue weighted by atomic mass is 35.5. The van der Waals surface area contributed by atoms with Crippen molar-refractivity contribution in [2.75, 3.05) is 29.7 Å². The number of ether oxygens (including phenoxy) is 6. The van der Waals surface area contributed by atoms with E-state index in [2.05, 4.69) is 105 Å². The van der Waals surface area contributed by atoms with Gasteiger partial charge in [-0.1, -0.05) is 121 Å². The first-order valence-corrected chi connectivity index (χ1v) is 41.4. The van der Waals surface area contributed by atoms with Crippen molar-refractivity contribution >= 4 is 108 Å². The molecule has 9 atom stereocenters. The quantitative estimate of drug-likeness (QED) is 0.0114. The molecule has 0 spiro atoms. The monoisotopic (exact) mass is 1560 g/mol. The molecule has 0 radical (unpaired) electrons. The van der Waals surface area contributed by atoms with Gasteiger partial charge in [0.05, 0.1) is 125 Å². The van der Waals surface area contributed by atoms with Crippen LogP contribution in [0.2, 0.25) is 46.6 Å². The van der Waals surface area contributed by atoms with Crippen molar-refractivity contribution in [3.63, 3.8) is 0 Å². The summed E-state index contributed by atoms with van der Waals surface area (Å²) >= 11 is 13.2. The van der Waals surface area contributed by atoms with Gasteiger partial charge in [-0.05, 0) is 47.8 Å². The zero-order valence-electron chi connectivity index (χ0n) is 61.2. The van der Waals surface area contributed by atoms with Crippen LogP contribution in [0.5, 0.6) is 0 Å². The summed E-state index contributed by atoms with van der Waals surface area (Å²) in [4.78, 5) is 73.3. The smallest absolute Gasteiger partial charge is 0.274 e. The van der Waals surface area contributed by atoms with Crippen molar-refractivity contribution < 1.29 is 68.0 Å². The highest BCUT2D eigenvalue weighted by molar-refractivity contribution is 6.82. The molecule has 33 nitrogen and oxygen atoms in total. The molecule has 3 aromatic carbocycles. The Labute approximate surface area is 627 Å². The molecule has 9 aromatic rings. The van der Waals surface area contributed by atoms with Gasteiger partial charge >= 0.3 is 0 Å². The van der Waals surface area contributed by atoms with Crippen LogP contribution in [-0.2, 0) is 72.5 Å². The van der Waals surface area contributed by atoms with Crippen LogP contribution < -0.4 is 22.0 Å². The van der Waals surface area contributed by atoms with E-state index in [9.17, 15) is 55.6 Å². The van der Waals surface area contributed by atoms with E-state index < -0.39 is 73.8 Å². The number of nitro groups is 3. The molecule has 107 heavy (non-hydrogen) atoms. The first-order chi connectivity index (χ1) is 50.5. The lowest BCUT2D eigenvalue weighted by Crippen LogP contribution is -2.46. The molecule has 0 unspecified atom stereocenters. The topological polar surface area (TPSA) is 451 Å². The summed E-state index contributed by atoms with van der Waals surface area (Å²) in [6, 6.07) is 19.2. The summed E-state index contributed by atoms with van der Waals surface area (Å²) in [5.41, 5.74) is 15.5. The average Bonchev–Trinajstić information content (AvgIpc) is 1.62. The van der Waals surface area contributed by atoms with Gasteiger partial charge in [0, 0.05) is 72.7 Å². The number of benzene rings is 3. The summed E-state index contributed by atoms with van der Waals surface area (Å²) in [5.74, 6) is 0.382. The maximum absolute atomic E-state index is 12.5. The second-order valence-electron chi connectivity index (χ2n) is 29.5. The molecule has 0 bridgehead atoms. The second kappa shape index (κ2) is 33.5. The molecule has 3 aliphatic rings. The molecule has 576 valence electrons. The Kier molecular flexibility index (Phi) is 25.4. The van der Waals surface area contributed by atoms with Crippen LogP contribution in [0.4, 0.5) is 34.9 Å². The van der Waals surface area contributed by atoms with E-state index in [1.807, 2.05) is 10.8 Å². The van der Waals surface area contributed by atoms with Gasteiger partial charge in [-0.25, -0.2) is 9.97 Å². The lowest BCUT2D eigenvalue weighted by atomic mass is 10.1. The number of hydrogen-bond acceptors (Lipinski definition) is 26. The number of aromatic amines is 1. The molecule has 10 N–H and O–H groups in total. The lowest BCUT2D eigenvalue weighted by molar-refractivity contribution is -0.386. The van der Waals surface area contributed by atoms with E-state index in [-0.39, 0.29) is 139 Å². The molecular formula is C70H91Cl2N15O18Si2. The van der Waals surface area contributed by atoms with E-state index in [0.29, 0.717) is 67.4 Å². The number of fused-ring (bicyclic) bond motifs is 3. The van der Waals surface area contributed by atoms with E-state index in [1.54, 1.807) is 76.1 Å². The number of nitrogen functional groups attached to an aromatic ring is 2. The molecule has 3 aliphatic heterocycles. The zero-order valence-corrected chi connectivity index (χ0v) is 64.7. The van der Waals surface area contributed by atoms with Crippen LogP contribution in [-0.4, -0.2) is 145 Å². The Morgan fingerprint density at radius 2 is 0.953 bits per heavy atom. The Hall–Kier alpha value is -8.51. The fraction of sp³-hybridized carbons (Fsp3) is 0.486. The fourth-order valence-electron chi connectivity index (χ4n) is 12.4. The minimum Gasteiger partial charge on any atom is -0.411 e. The van der Waals surface area contributed by atoms with Crippen molar-refractivity contribution in [2.24, 2.45) is 0 Å². The van der Waals surface area contributed by atoms with E-state index in [4.69, 9.17) is 72.5 Å². The largest absolute Gasteiger partial charge is 0.411 e. The van der Waals surface area contributed by atoms with Gasteiger partial charge < -0.3 is 83.4 Å². The summed E-state index contributed by atoms with van der Waals surface area (Å²) in [6.07, 6.45) is 2.41. The SMILES string of the molecule is CC[C@H]1O[C@@H](n2cc(COCc3ccccc3[N+](=O)[O-])c3c(Cl)nc(N[Si](C)(C)C(C)(C)C)nc32)C[C@H]1O[Si](C)(C)C(C)(C)C.Nc1nc(Cl)c2c(COCc3ccccc3[N+](=O)[O-])cn([C@H]3C[C@@H](O)[C@@H](CO)O3)c2n1.Nc1nc2c(c(COCc3ccccc3[N+](=O)[O-])cn2[C@H]2C[C@@H](O)[C@@H](CO)O2)c(=O)[nH]1. The molecule has 3 fully saturated rings. The summed E-state index contributed by atoms with van der Waals surface area (Å²) < 4.78 is 47.7. The number of halogens is 2. The molecule has 9 heterocycles. The highest BCUT2D eigenvalue weighted by Gasteiger charge is 2.46. The van der Waals surface area contributed by atoms with Gasteiger partial charge in [-0.15, -0.1) is 0 Å². The maximum Gasteiger partial charge on any atom is 0.274 e. The molecule has 6 aromatic heterocycles. The summed E-state index contributed by atoms with van der Waals surface area (Å²) in [5, 5.41) is 74.7. The predicted octanol–water partition coefficient (Wildman–Crippen LogP) is 11.7. The first kappa shape index (κ1) is 81.0. The number of nitro benzene ring substituents is 3. The Morgan fingerprint density at radius 3 is 1.36 bits per heavy atom. The maximum atomic E-state index is 12.5. The van der Waals surface area contributed by atoms with Gasteiger partial charge in [0.2, 0.25) is 17.8 Å². The summed E-state index contributed by atoms with van der Waals surface area (Å²) in [6.45, 7) is 24.2. The Morgan fingerprint density at radius 1 is 0.570 bits per heavy atom. The molecule has 0 amide bonds. The third kappa shape index (κ3) is 18.3. The fourth-order valence-corrected chi connectivity index (χ4v) is 15.4. The zero-order chi connectivity index (χ0) is 77.8. The third-order valence-corrected chi connectivity index (χ3v) is 29.8. The van der Waals surface area contributed by atoms with Gasteiger partial charge in [0.25, 0.3) is 22.6 Å². The minimum absolute atomic E-state index is 0.0164. The van der Waals surface area contributed by atoms with Crippen molar-refractivity contribution in [1.29, 1.82) is 0 Å². The lowest BCUT2D eigenvalue weighted by Gasteiger charge is -2.39. The molecule has 3 saturated heterocycles. The summed E-state index contributed by atoms with van der Waals surface area (Å²) in [7, 11) is -4.05. The minimum atomic E-state index is -2.04. The highest BCUT2D eigenvalue weighted by Crippen LogP contribution is 2.45. The van der Waals surface area contributed by atoms with Gasteiger partial charge in [0.1, 0.15) is 52.5 Å². The predicted molar refractivity (Wildman–Crippen MR) is 404 cm³/mol. The molecule has 0 saturated carbocycles. The number of nitrogens with zero attached hydrogens (tertiary/aromatic N) is 11. The van der Waals surface area contributed by atoms with Crippen LogP contribution in [0.3, 0.4) is 0 Å². The normalized spacial score (nSPS) is 20.5. The van der Waals surface area contributed by atoms with Crippen LogP contribution in [0.1, 0.15) is 126 Å². The Balaban J connectivity index is 0.000000176. The molecule has 37 heteroatoms. The van der Waals surface area contributed by atoms with Gasteiger partial charge in [-0.2, -0.15) is 15.0 Å². The number of rotatable bonds is 25. The number of aromatic nitrogens is 9. The number of para-hydroxylation sites is 3. The average molecular weight is 1560 g/mol. The number of anilines is 3. The van der Waals surface area contributed by atoms with Crippen LogP contribution in [0.15, 0.2) is 96.2 Å². The van der Waals surface area contributed by atoms with Crippen molar-refractivity contribution in [3.05, 3.63) is 176 Å². The molecule has 0 aliphatic carbocycles. The van der Waals surface area contributed by atoms with E-state index in [1.165, 1.54) is 18.2 Å². The van der Waals surface area contributed by atoms with Gasteiger partial charge in [-0.3, -0.25) is 40.1 Å². The van der Waals surface area contributed by atoms with Crippen LogP contribution in [0, 0.1) is 30.3 Å². The van der Waals surface area contributed by atoms with Crippen LogP contribution in [0.25, 0.3) is 33.1 Å². The van der Waals surface area contributed by atoms with Crippen molar-refractivity contribution in [1.82, 2.24) is 43.6 Å². The second-order valence-corrected chi connectivity index (χ2v) is 40.0. The van der Waals surface area contributed by atoms with Crippen LogP contribution >= 0.6 is 23.2 Å².